The van der Waals surface area contributed by atoms with Crippen LogP contribution in [-0.2, 0) is 14.8 Å². The number of sulfonamides is 1. The van der Waals surface area contributed by atoms with Gasteiger partial charge in [0.1, 0.15) is 5.76 Å². The minimum atomic E-state index is -3.64. The van der Waals surface area contributed by atoms with Crippen molar-refractivity contribution < 1.29 is 17.6 Å². The number of carbonyl (C=O) groups is 1. The van der Waals surface area contributed by atoms with Crippen molar-refractivity contribution in [3.05, 3.63) is 47.4 Å². The van der Waals surface area contributed by atoms with Crippen LogP contribution in [0.5, 0.6) is 0 Å². The van der Waals surface area contributed by atoms with Crippen LogP contribution in [-0.4, -0.2) is 38.3 Å². The molecule has 27 heavy (non-hydrogen) atoms. The van der Waals surface area contributed by atoms with Crippen molar-refractivity contribution in [2.45, 2.75) is 31.7 Å². The maximum Gasteiger partial charge on any atom is 0.243 e. The van der Waals surface area contributed by atoms with E-state index in [2.05, 4.69) is 10.6 Å². The molecule has 9 heteroatoms. The van der Waals surface area contributed by atoms with Crippen LogP contribution in [0.3, 0.4) is 0 Å². The highest BCUT2D eigenvalue weighted by Crippen LogP contribution is 2.27. The first-order valence-corrected chi connectivity index (χ1v) is 10.5. The number of hydrogen-bond donors (Lipinski definition) is 2. The molecule has 1 heterocycles. The fraction of sp³-hybridized carbons (Fsp3) is 0.389. The molecule has 2 N–H and O–H groups in total. The minimum absolute atomic E-state index is 0.0191. The summed E-state index contributed by atoms with van der Waals surface area (Å²) in [5.74, 6) is 0.376. The van der Waals surface area contributed by atoms with E-state index in [1.165, 1.54) is 22.5 Å². The molecule has 0 saturated carbocycles. The normalized spacial score (nSPS) is 12.9. The van der Waals surface area contributed by atoms with Gasteiger partial charge in [-0.3, -0.25) is 10.1 Å². The second-order valence-electron chi connectivity index (χ2n) is 5.90. The highest BCUT2D eigenvalue weighted by Gasteiger charge is 2.23. The number of carbonyl (C=O) groups excluding carboxylic acids is 1. The largest absolute Gasteiger partial charge is 0.468 e. The third kappa shape index (κ3) is 5.32. The van der Waals surface area contributed by atoms with Crippen molar-refractivity contribution in [1.29, 1.82) is 0 Å². The summed E-state index contributed by atoms with van der Waals surface area (Å²) in [5.41, 5.74) is 0.252. The monoisotopic (exact) mass is 413 g/mol. The number of halogens is 1. The molecule has 2 rings (SSSR count). The van der Waals surface area contributed by atoms with Gasteiger partial charge in [0, 0.05) is 13.1 Å². The second-order valence-corrected chi connectivity index (χ2v) is 8.24. The molecule has 0 unspecified atom stereocenters. The summed E-state index contributed by atoms with van der Waals surface area (Å²) in [7, 11) is -3.64. The van der Waals surface area contributed by atoms with Crippen LogP contribution >= 0.6 is 11.6 Å². The van der Waals surface area contributed by atoms with E-state index >= 15 is 0 Å². The molecule has 1 aromatic heterocycles. The quantitative estimate of drug-likeness (QED) is 0.658. The highest BCUT2D eigenvalue weighted by molar-refractivity contribution is 7.89. The molecule has 0 aliphatic carbocycles. The third-order valence-electron chi connectivity index (χ3n) is 4.09. The fourth-order valence-electron chi connectivity index (χ4n) is 2.55. The molecule has 0 aliphatic heterocycles. The number of anilines is 1. The van der Waals surface area contributed by atoms with E-state index in [0.29, 0.717) is 18.8 Å². The summed E-state index contributed by atoms with van der Waals surface area (Å²) in [4.78, 5) is 12.3. The SMILES string of the molecule is CCN(CC)S(=O)(=O)c1ccc(Cl)c(NC(=O)CN[C@@H](C)c2ccco2)c1. The van der Waals surface area contributed by atoms with E-state index < -0.39 is 10.0 Å². The van der Waals surface area contributed by atoms with Gasteiger partial charge in [0.05, 0.1) is 34.5 Å². The molecule has 0 fully saturated rings. The van der Waals surface area contributed by atoms with Gasteiger partial charge >= 0.3 is 0 Å². The number of rotatable bonds is 9. The zero-order chi connectivity index (χ0) is 20.0. The van der Waals surface area contributed by atoms with Gasteiger partial charge < -0.3 is 9.73 Å². The Hall–Kier alpha value is -1.87. The summed E-state index contributed by atoms with van der Waals surface area (Å²) in [6, 6.07) is 7.72. The summed E-state index contributed by atoms with van der Waals surface area (Å²) in [6.45, 7) is 6.15. The van der Waals surface area contributed by atoms with E-state index in [0.717, 1.165) is 0 Å². The Morgan fingerprint density at radius 3 is 2.56 bits per heavy atom. The molecule has 1 amide bonds. The number of hydrogen-bond acceptors (Lipinski definition) is 5. The van der Waals surface area contributed by atoms with Gasteiger partial charge in [-0.15, -0.1) is 0 Å². The van der Waals surface area contributed by atoms with Crippen LogP contribution in [0.2, 0.25) is 5.02 Å². The lowest BCUT2D eigenvalue weighted by Crippen LogP contribution is -2.31. The standard InChI is InChI=1S/C18H24ClN3O4S/c1-4-22(5-2)27(24,25)14-8-9-15(19)16(11-14)21-18(23)12-20-13(3)17-7-6-10-26-17/h6-11,13,20H,4-5,12H2,1-3H3,(H,21,23)/t13-/m0/s1. The molecule has 2 aromatic rings. The summed E-state index contributed by atoms with van der Waals surface area (Å²) >= 11 is 6.12. The van der Waals surface area contributed by atoms with Crippen molar-refractivity contribution in [1.82, 2.24) is 9.62 Å². The molecule has 0 saturated heterocycles. The zero-order valence-corrected chi connectivity index (χ0v) is 17.1. The van der Waals surface area contributed by atoms with Gasteiger partial charge in [-0.05, 0) is 37.3 Å². The molecule has 0 aliphatic rings. The van der Waals surface area contributed by atoms with Crippen molar-refractivity contribution >= 4 is 33.2 Å². The van der Waals surface area contributed by atoms with Crippen LogP contribution in [0.4, 0.5) is 5.69 Å². The molecule has 1 aromatic carbocycles. The Labute approximate surface area is 164 Å². The number of benzene rings is 1. The maximum absolute atomic E-state index is 12.6. The fourth-order valence-corrected chi connectivity index (χ4v) is 4.20. The third-order valence-corrected chi connectivity index (χ3v) is 6.47. The van der Waals surface area contributed by atoms with Crippen molar-refractivity contribution in [2.75, 3.05) is 25.0 Å². The molecule has 148 valence electrons. The van der Waals surface area contributed by atoms with Gasteiger partial charge in [0.25, 0.3) is 0 Å². The number of nitrogens with one attached hydrogen (secondary N) is 2. The summed E-state index contributed by atoms with van der Waals surface area (Å²) in [6.07, 6.45) is 1.56. The van der Waals surface area contributed by atoms with Crippen LogP contribution in [0.25, 0.3) is 0 Å². The first-order valence-electron chi connectivity index (χ1n) is 8.65. The first-order chi connectivity index (χ1) is 12.8. The Morgan fingerprint density at radius 1 is 1.26 bits per heavy atom. The molecule has 1 atom stereocenters. The molecular formula is C18H24ClN3O4S. The van der Waals surface area contributed by atoms with Gasteiger partial charge in [-0.25, -0.2) is 8.42 Å². The Bertz CT molecular complexity index is 865. The lowest BCUT2D eigenvalue weighted by molar-refractivity contribution is -0.115. The summed E-state index contributed by atoms with van der Waals surface area (Å²) < 4.78 is 31.9. The molecule has 0 bridgehead atoms. The number of nitrogens with zero attached hydrogens (tertiary/aromatic N) is 1. The van der Waals surface area contributed by atoms with Crippen molar-refractivity contribution in [3.8, 4) is 0 Å². The Balaban J connectivity index is 2.08. The molecule has 0 spiro atoms. The minimum Gasteiger partial charge on any atom is -0.468 e. The zero-order valence-electron chi connectivity index (χ0n) is 15.5. The van der Waals surface area contributed by atoms with E-state index in [1.54, 1.807) is 26.2 Å². The van der Waals surface area contributed by atoms with Gasteiger partial charge in [0.2, 0.25) is 15.9 Å². The predicted molar refractivity (Wildman–Crippen MR) is 105 cm³/mol. The smallest absolute Gasteiger partial charge is 0.243 e. The number of furan rings is 1. The average molecular weight is 414 g/mol. The second kappa shape index (κ2) is 9.36. The van der Waals surface area contributed by atoms with E-state index in [4.69, 9.17) is 16.0 Å². The maximum atomic E-state index is 12.6. The number of amides is 1. The van der Waals surface area contributed by atoms with Crippen LogP contribution in [0, 0.1) is 0 Å². The average Bonchev–Trinajstić information content (AvgIpc) is 3.17. The van der Waals surface area contributed by atoms with Crippen LogP contribution < -0.4 is 10.6 Å². The lowest BCUT2D eigenvalue weighted by Gasteiger charge is -2.19. The lowest BCUT2D eigenvalue weighted by atomic mass is 10.2. The van der Waals surface area contributed by atoms with Crippen molar-refractivity contribution in [3.63, 3.8) is 0 Å². The predicted octanol–water partition coefficient (Wildman–Crippen LogP) is 3.25. The molecular weight excluding hydrogens is 390 g/mol. The Kier molecular flexibility index (Phi) is 7.43. The van der Waals surface area contributed by atoms with Crippen LogP contribution in [0.1, 0.15) is 32.6 Å². The molecule has 0 radical (unpaired) electrons. The van der Waals surface area contributed by atoms with E-state index in [1.807, 2.05) is 13.0 Å². The van der Waals surface area contributed by atoms with Gasteiger partial charge in [-0.1, -0.05) is 25.4 Å². The Morgan fingerprint density at radius 2 is 1.96 bits per heavy atom. The van der Waals surface area contributed by atoms with Gasteiger partial charge in [0.15, 0.2) is 0 Å². The summed E-state index contributed by atoms with van der Waals surface area (Å²) in [5, 5.41) is 5.95. The molecule has 7 nitrogen and oxygen atoms in total. The van der Waals surface area contributed by atoms with Gasteiger partial charge in [-0.2, -0.15) is 4.31 Å². The first kappa shape index (κ1) is 21.4. The van der Waals surface area contributed by atoms with Crippen LogP contribution in [0.15, 0.2) is 45.9 Å². The highest BCUT2D eigenvalue weighted by atomic mass is 35.5. The van der Waals surface area contributed by atoms with E-state index in [-0.39, 0.29) is 34.1 Å². The topological polar surface area (TPSA) is 91.7 Å². The van der Waals surface area contributed by atoms with Crippen molar-refractivity contribution in [2.24, 2.45) is 0 Å². The van der Waals surface area contributed by atoms with E-state index in [9.17, 15) is 13.2 Å².